The van der Waals surface area contributed by atoms with Crippen molar-refractivity contribution in [1.29, 1.82) is 0 Å². The molecule has 0 fully saturated rings. The molecule has 0 aromatic rings. The van der Waals surface area contributed by atoms with Crippen LogP contribution in [0.2, 0.25) is 0 Å². The third kappa shape index (κ3) is 4.14. The van der Waals surface area contributed by atoms with Crippen LogP contribution in [0.4, 0.5) is 4.79 Å². The second-order valence-corrected chi connectivity index (χ2v) is 3.78. The van der Waals surface area contributed by atoms with Gasteiger partial charge in [0, 0.05) is 12.3 Å². The Morgan fingerprint density at radius 2 is 2.33 bits per heavy atom. The largest absolute Gasteiger partial charge is 0.442 e. The van der Waals surface area contributed by atoms with Gasteiger partial charge < -0.3 is 15.3 Å². The molecule has 0 aromatic carbocycles. The van der Waals surface area contributed by atoms with E-state index in [1.807, 2.05) is 12.2 Å². The Labute approximate surface area is 89.5 Å². The van der Waals surface area contributed by atoms with Crippen molar-refractivity contribution in [2.75, 3.05) is 0 Å². The van der Waals surface area contributed by atoms with E-state index in [4.69, 9.17) is 10.5 Å². The fourth-order valence-corrected chi connectivity index (χ4v) is 1.87. The summed E-state index contributed by atoms with van der Waals surface area (Å²) in [5, 5.41) is 0. The molecule has 0 saturated carbocycles. The van der Waals surface area contributed by atoms with Crippen molar-refractivity contribution < 1.29 is 14.3 Å². The van der Waals surface area contributed by atoms with Gasteiger partial charge in [0.25, 0.3) is 0 Å². The third-order valence-electron chi connectivity index (χ3n) is 2.64. The number of allylic oxidation sites excluding steroid dienone is 1. The van der Waals surface area contributed by atoms with Crippen LogP contribution in [0.1, 0.15) is 32.1 Å². The van der Waals surface area contributed by atoms with Crippen LogP contribution in [-0.2, 0) is 9.53 Å². The number of aldehydes is 1. The fourth-order valence-electron chi connectivity index (χ4n) is 1.87. The number of rotatable bonds is 3. The van der Waals surface area contributed by atoms with Crippen molar-refractivity contribution in [3.05, 3.63) is 12.2 Å². The van der Waals surface area contributed by atoms with Crippen LogP contribution in [0.3, 0.4) is 0 Å². The molecular formula is C11H17NO3. The quantitative estimate of drug-likeness (QED) is 0.571. The minimum absolute atomic E-state index is 0.0755. The minimum Gasteiger partial charge on any atom is -0.442 e. The molecule has 4 nitrogen and oxygen atoms in total. The van der Waals surface area contributed by atoms with E-state index < -0.39 is 6.09 Å². The number of carbonyl (C=O) groups excluding carboxylic acids is 2. The second-order valence-electron chi connectivity index (χ2n) is 3.78. The number of carbonyl (C=O) groups is 2. The Hall–Kier alpha value is -1.32. The summed E-state index contributed by atoms with van der Waals surface area (Å²) in [6, 6.07) is 0. The molecule has 0 spiro atoms. The molecule has 0 aliphatic heterocycles. The zero-order valence-electron chi connectivity index (χ0n) is 8.72. The van der Waals surface area contributed by atoms with Crippen molar-refractivity contribution in [1.82, 2.24) is 0 Å². The second kappa shape index (κ2) is 6.22. The molecule has 84 valence electrons. The summed E-state index contributed by atoms with van der Waals surface area (Å²) < 4.78 is 4.99. The van der Waals surface area contributed by atoms with E-state index in [1.165, 1.54) is 0 Å². The highest BCUT2D eigenvalue weighted by atomic mass is 16.6. The van der Waals surface area contributed by atoms with Gasteiger partial charge in [-0.05, 0) is 25.3 Å². The highest BCUT2D eigenvalue weighted by Crippen LogP contribution is 2.23. The smallest absolute Gasteiger partial charge is 0.405 e. The Morgan fingerprint density at radius 3 is 3.00 bits per heavy atom. The third-order valence-corrected chi connectivity index (χ3v) is 2.64. The van der Waals surface area contributed by atoms with Gasteiger partial charge in [-0.25, -0.2) is 4.79 Å². The summed E-state index contributed by atoms with van der Waals surface area (Å²) in [6.45, 7) is 0. The molecule has 1 aliphatic rings. The van der Waals surface area contributed by atoms with Crippen molar-refractivity contribution >= 4 is 12.4 Å². The first-order valence-corrected chi connectivity index (χ1v) is 5.30. The lowest BCUT2D eigenvalue weighted by molar-refractivity contribution is -0.109. The minimum atomic E-state index is -0.777. The van der Waals surface area contributed by atoms with Crippen LogP contribution < -0.4 is 5.73 Å². The van der Waals surface area contributed by atoms with Crippen LogP contribution in [0.15, 0.2) is 12.2 Å². The number of ether oxygens (including phenoxy) is 1. The van der Waals surface area contributed by atoms with Crippen LogP contribution in [0, 0.1) is 5.92 Å². The van der Waals surface area contributed by atoms with Gasteiger partial charge in [0.1, 0.15) is 12.4 Å². The molecule has 1 aliphatic carbocycles. The van der Waals surface area contributed by atoms with Crippen LogP contribution in [-0.4, -0.2) is 18.5 Å². The topological polar surface area (TPSA) is 69.4 Å². The molecule has 2 N–H and O–H groups in total. The Bertz CT molecular complexity index is 250. The average Bonchev–Trinajstić information content (AvgIpc) is 2.15. The monoisotopic (exact) mass is 211 g/mol. The summed E-state index contributed by atoms with van der Waals surface area (Å²) in [6.07, 6.45) is 8.08. The van der Waals surface area contributed by atoms with E-state index in [0.29, 0.717) is 6.42 Å². The molecule has 0 aromatic heterocycles. The molecule has 2 unspecified atom stereocenters. The van der Waals surface area contributed by atoms with E-state index in [-0.39, 0.29) is 12.0 Å². The number of primary amides is 1. The van der Waals surface area contributed by atoms with Crippen LogP contribution in [0.25, 0.3) is 0 Å². The molecule has 0 saturated heterocycles. The zero-order valence-corrected chi connectivity index (χ0v) is 8.72. The number of hydrogen-bond acceptors (Lipinski definition) is 3. The summed E-state index contributed by atoms with van der Waals surface area (Å²) in [5.41, 5.74) is 4.99. The maximum atomic E-state index is 10.7. The molecule has 2 atom stereocenters. The van der Waals surface area contributed by atoms with Gasteiger partial charge in [-0.15, -0.1) is 0 Å². The molecular weight excluding hydrogens is 194 g/mol. The van der Waals surface area contributed by atoms with E-state index >= 15 is 0 Å². The molecule has 15 heavy (non-hydrogen) atoms. The first kappa shape index (κ1) is 11.8. The maximum absolute atomic E-state index is 10.7. The van der Waals surface area contributed by atoms with Gasteiger partial charge in [-0.2, -0.15) is 0 Å². The summed E-state index contributed by atoms with van der Waals surface area (Å²) in [4.78, 5) is 21.2. The van der Waals surface area contributed by atoms with Gasteiger partial charge in [-0.1, -0.05) is 12.5 Å². The van der Waals surface area contributed by atoms with E-state index in [0.717, 1.165) is 32.0 Å². The lowest BCUT2D eigenvalue weighted by Gasteiger charge is -2.23. The molecule has 1 rings (SSSR count). The van der Waals surface area contributed by atoms with E-state index in [1.54, 1.807) is 0 Å². The summed E-state index contributed by atoms with van der Waals surface area (Å²) >= 11 is 0. The molecule has 0 radical (unpaired) electrons. The maximum Gasteiger partial charge on any atom is 0.405 e. The Balaban J connectivity index is 2.65. The standard InChI is InChI=1S/C11H17NO3/c12-11(14)15-10-6-4-2-1-3-5-9(10)7-8-13/h4,6,8-10H,1-3,5,7H2,(H2,12,14)/b6-4+. The Morgan fingerprint density at radius 1 is 1.53 bits per heavy atom. The molecule has 4 heteroatoms. The number of nitrogens with two attached hydrogens (primary N) is 1. The predicted octanol–water partition coefficient (Wildman–Crippen LogP) is 1.79. The SMILES string of the molecule is NC(=O)OC1/C=C/CCCCC1CC=O. The van der Waals surface area contributed by atoms with Crippen molar-refractivity contribution in [3.63, 3.8) is 0 Å². The lowest BCUT2D eigenvalue weighted by atomic mass is 9.90. The van der Waals surface area contributed by atoms with E-state index in [2.05, 4.69) is 0 Å². The van der Waals surface area contributed by atoms with Crippen molar-refractivity contribution in [3.8, 4) is 0 Å². The molecule has 0 heterocycles. The van der Waals surface area contributed by atoms with Gasteiger partial charge in [0.2, 0.25) is 0 Å². The zero-order chi connectivity index (χ0) is 11.1. The van der Waals surface area contributed by atoms with Crippen molar-refractivity contribution in [2.24, 2.45) is 11.7 Å². The first-order valence-electron chi connectivity index (χ1n) is 5.30. The molecule has 1 amide bonds. The summed E-state index contributed by atoms with van der Waals surface area (Å²) in [7, 11) is 0. The lowest BCUT2D eigenvalue weighted by Crippen LogP contribution is -2.29. The first-order chi connectivity index (χ1) is 7.24. The summed E-state index contributed by atoms with van der Waals surface area (Å²) in [5.74, 6) is 0.0755. The number of hydrogen-bond donors (Lipinski definition) is 1. The van der Waals surface area contributed by atoms with Crippen LogP contribution in [0.5, 0.6) is 0 Å². The highest BCUT2D eigenvalue weighted by Gasteiger charge is 2.22. The highest BCUT2D eigenvalue weighted by molar-refractivity contribution is 5.65. The van der Waals surface area contributed by atoms with Crippen LogP contribution >= 0.6 is 0 Å². The average molecular weight is 211 g/mol. The molecule has 0 bridgehead atoms. The fraction of sp³-hybridized carbons (Fsp3) is 0.636. The van der Waals surface area contributed by atoms with Crippen molar-refractivity contribution in [2.45, 2.75) is 38.2 Å². The Kier molecular flexibility index (Phi) is 4.87. The van der Waals surface area contributed by atoms with Gasteiger partial charge in [0.05, 0.1) is 0 Å². The predicted molar refractivity (Wildman–Crippen MR) is 56.2 cm³/mol. The normalized spacial score (nSPS) is 28.5. The van der Waals surface area contributed by atoms with Gasteiger partial charge >= 0.3 is 6.09 Å². The van der Waals surface area contributed by atoms with Gasteiger partial charge in [0.15, 0.2) is 0 Å². The van der Waals surface area contributed by atoms with Gasteiger partial charge in [-0.3, -0.25) is 0 Å². The number of amides is 1. The van der Waals surface area contributed by atoms with E-state index in [9.17, 15) is 9.59 Å².